The largest absolute Gasteiger partial charge is 0.378 e. The van der Waals surface area contributed by atoms with Crippen LogP contribution in [0, 0.1) is 4.77 Å². The molecule has 2 aromatic carbocycles. The Hall–Kier alpha value is -2.70. The normalized spacial score (nSPS) is 11.9. The number of rotatable bonds is 5. The number of hydrogen-bond donors (Lipinski definition) is 1. The van der Waals surface area contributed by atoms with Gasteiger partial charge in [-0.25, -0.2) is 5.10 Å². The first kappa shape index (κ1) is 18.1. The Balaban J connectivity index is 1.88. The Morgan fingerprint density at radius 1 is 1.15 bits per heavy atom. The number of aromatic amines is 1. The van der Waals surface area contributed by atoms with Gasteiger partial charge >= 0.3 is 0 Å². The molecule has 0 bridgehead atoms. The van der Waals surface area contributed by atoms with Crippen molar-refractivity contribution in [3.8, 4) is 11.4 Å². The summed E-state index contributed by atoms with van der Waals surface area (Å²) in [5.41, 5.74) is 3.01. The molecule has 0 fully saturated rings. The van der Waals surface area contributed by atoms with Crippen LogP contribution in [0.5, 0.6) is 0 Å². The van der Waals surface area contributed by atoms with Crippen LogP contribution >= 0.6 is 23.8 Å². The van der Waals surface area contributed by atoms with Crippen molar-refractivity contribution in [1.29, 1.82) is 0 Å². The lowest BCUT2D eigenvalue weighted by Crippen LogP contribution is -2.08. The summed E-state index contributed by atoms with van der Waals surface area (Å²) in [4.78, 5) is 2.03. The van der Waals surface area contributed by atoms with E-state index in [0.29, 0.717) is 15.6 Å². The molecule has 0 atom stereocenters. The van der Waals surface area contributed by atoms with Crippen LogP contribution < -0.4 is 4.90 Å². The average molecular weight is 384 g/mol. The molecule has 3 aromatic rings. The smallest absolute Gasteiger partial charge is 0.216 e. The van der Waals surface area contributed by atoms with Crippen molar-refractivity contribution in [2.45, 2.75) is 0 Å². The van der Waals surface area contributed by atoms with E-state index in [1.165, 1.54) is 0 Å². The van der Waals surface area contributed by atoms with Crippen molar-refractivity contribution in [1.82, 2.24) is 14.9 Å². The monoisotopic (exact) mass is 383 g/mol. The molecule has 0 aliphatic heterocycles. The topological polar surface area (TPSA) is 49.2 Å². The first-order valence-electron chi connectivity index (χ1n) is 7.96. The van der Waals surface area contributed by atoms with Crippen molar-refractivity contribution in [2.24, 2.45) is 5.10 Å². The summed E-state index contributed by atoms with van der Waals surface area (Å²) in [6, 6.07) is 17.8. The SMILES string of the molecule is CN(C)c1ccc(-c2n[nH]c(=S)n2/N=C/C(Cl)=C/c2ccccc2)cc1. The fourth-order valence-electron chi connectivity index (χ4n) is 2.35. The van der Waals surface area contributed by atoms with Crippen molar-refractivity contribution in [3.63, 3.8) is 0 Å². The Morgan fingerprint density at radius 3 is 2.50 bits per heavy atom. The summed E-state index contributed by atoms with van der Waals surface area (Å²) < 4.78 is 1.96. The third-order valence-corrected chi connectivity index (χ3v) is 4.16. The molecule has 0 saturated carbocycles. The van der Waals surface area contributed by atoms with Crippen LogP contribution in [0.1, 0.15) is 5.56 Å². The fraction of sp³-hybridized carbons (Fsp3) is 0.105. The van der Waals surface area contributed by atoms with E-state index < -0.39 is 0 Å². The Morgan fingerprint density at radius 2 is 1.85 bits per heavy atom. The second kappa shape index (κ2) is 8.12. The van der Waals surface area contributed by atoms with Gasteiger partial charge in [0.05, 0.1) is 11.2 Å². The van der Waals surface area contributed by atoms with Gasteiger partial charge in [-0.15, -0.1) is 0 Å². The van der Waals surface area contributed by atoms with Gasteiger partial charge in [0.2, 0.25) is 4.77 Å². The predicted octanol–water partition coefficient (Wildman–Crippen LogP) is 4.79. The molecule has 0 aliphatic carbocycles. The molecule has 1 N–H and O–H groups in total. The molecule has 3 rings (SSSR count). The molecule has 0 amide bonds. The van der Waals surface area contributed by atoms with Gasteiger partial charge in [0, 0.05) is 25.3 Å². The highest BCUT2D eigenvalue weighted by Gasteiger charge is 2.08. The molecule has 132 valence electrons. The molecule has 7 heteroatoms. The molecule has 1 heterocycles. The minimum absolute atomic E-state index is 0.400. The van der Waals surface area contributed by atoms with Crippen LogP contribution in [-0.4, -0.2) is 35.2 Å². The number of aromatic nitrogens is 3. The molecular weight excluding hydrogens is 366 g/mol. The van der Waals surface area contributed by atoms with Crippen molar-refractivity contribution in [3.05, 3.63) is 70.0 Å². The van der Waals surface area contributed by atoms with E-state index in [1.807, 2.05) is 79.7 Å². The lowest BCUT2D eigenvalue weighted by Gasteiger charge is -2.12. The minimum Gasteiger partial charge on any atom is -0.378 e. The van der Waals surface area contributed by atoms with Gasteiger partial charge in [-0.2, -0.15) is 14.9 Å². The van der Waals surface area contributed by atoms with E-state index in [2.05, 4.69) is 15.3 Å². The molecular formula is C19H18ClN5S. The summed E-state index contributed by atoms with van der Waals surface area (Å²) in [6.07, 6.45) is 3.39. The van der Waals surface area contributed by atoms with E-state index >= 15 is 0 Å². The highest BCUT2D eigenvalue weighted by molar-refractivity contribution is 7.71. The van der Waals surface area contributed by atoms with Gasteiger partial charge in [-0.1, -0.05) is 41.9 Å². The highest BCUT2D eigenvalue weighted by atomic mass is 35.5. The fourth-order valence-corrected chi connectivity index (χ4v) is 2.70. The third kappa shape index (κ3) is 4.28. The predicted molar refractivity (Wildman–Crippen MR) is 111 cm³/mol. The van der Waals surface area contributed by atoms with Crippen molar-refractivity contribution < 1.29 is 0 Å². The molecule has 0 saturated heterocycles. The van der Waals surface area contributed by atoms with Crippen LogP contribution in [0.15, 0.2) is 64.7 Å². The maximum atomic E-state index is 6.27. The quantitative estimate of drug-likeness (QED) is 0.509. The summed E-state index contributed by atoms with van der Waals surface area (Å²) in [7, 11) is 3.99. The number of anilines is 1. The number of H-pyrrole nitrogens is 1. The van der Waals surface area contributed by atoms with Gasteiger partial charge in [0.15, 0.2) is 5.82 Å². The Labute approximate surface area is 162 Å². The maximum Gasteiger partial charge on any atom is 0.216 e. The lowest BCUT2D eigenvalue weighted by molar-refractivity contribution is 0.872. The molecule has 0 radical (unpaired) electrons. The first-order valence-corrected chi connectivity index (χ1v) is 8.75. The lowest BCUT2D eigenvalue weighted by atomic mass is 10.2. The Kier molecular flexibility index (Phi) is 5.65. The second-order valence-corrected chi connectivity index (χ2v) is 6.61. The van der Waals surface area contributed by atoms with E-state index in [-0.39, 0.29) is 0 Å². The average Bonchev–Trinajstić information content (AvgIpc) is 3.01. The Bertz CT molecular complexity index is 985. The van der Waals surface area contributed by atoms with Gasteiger partial charge in [0.25, 0.3) is 0 Å². The minimum atomic E-state index is 0.400. The summed E-state index contributed by atoms with van der Waals surface area (Å²) in [6.45, 7) is 0. The van der Waals surface area contributed by atoms with Crippen LogP contribution in [0.3, 0.4) is 0 Å². The van der Waals surface area contributed by atoms with Crippen LogP contribution in [0.2, 0.25) is 0 Å². The third-order valence-electron chi connectivity index (χ3n) is 3.69. The van der Waals surface area contributed by atoms with Crippen LogP contribution in [0.25, 0.3) is 17.5 Å². The highest BCUT2D eigenvalue weighted by Crippen LogP contribution is 2.21. The van der Waals surface area contributed by atoms with Gasteiger partial charge in [-0.05, 0) is 48.1 Å². The molecule has 1 aromatic heterocycles. The zero-order chi connectivity index (χ0) is 18.5. The van der Waals surface area contributed by atoms with E-state index in [9.17, 15) is 0 Å². The number of allylic oxidation sites excluding steroid dienone is 1. The number of hydrogen-bond acceptors (Lipinski definition) is 4. The van der Waals surface area contributed by atoms with Crippen molar-refractivity contribution >= 4 is 41.8 Å². The maximum absolute atomic E-state index is 6.27. The summed E-state index contributed by atoms with van der Waals surface area (Å²) in [5, 5.41) is 11.9. The molecule has 26 heavy (non-hydrogen) atoms. The molecule has 0 unspecified atom stereocenters. The van der Waals surface area contributed by atoms with Crippen LogP contribution in [-0.2, 0) is 0 Å². The summed E-state index contributed by atoms with van der Waals surface area (Å²) in [5.74, 6) is 0.626. The number of benzene rings is 2. The number of nitrogens with one attached hydrogen (secondary N) is 1. The van der Waals surface area contributed by atoms with Gasteiger partial charge in [-0.3, -0.25) is 0 Å². The van der Waals surface area contributed by atoms with Crippen LogP contribution in [0.4, 0.5) is 5.69 Å². The molecule has 0 aliphatic rings. The van der Waals surface area contributed by atoms with E-state index in [1.54, 1.807) is 10.9 Å². The van der Waals surface area contributed by atoms with Gasteiger partial charge < -0.3 is 4.90 Å². The van der Waals surface area contributed by atoms with Crippen molar-refractivity contribution in [2.75, 3.05) is 19.0 Å². The van der Waals surface area contributed by atoms with E-state index in [0.717, 1.165) is 16.8 Å². The second-order valence-electron chi connectivity index (χ2n) is 5.79. The zero-order valence-corrected chi connectivity index (χ0v) is 16.0. The van der Waals surface area contributed by atoms with Gasteiger partial charge in [0.1, 0.15) is 0 Å². The zero-order valence-electron chi connectivity index (χ0n) is 14.4. The standard InChI is InChI=1S/C19H18ClN5S/c1-24(2)17-10-8-15(9-11-17)18-22-23-19(26)25(18)21-13-16(20)12-14-6-4-3-5-7-14/h3-13H,1-2H3,(H,23,26)/b16-12-,21-13+. The number of nitrogens with zero attached hydrogens (tertiary/aromatic N) is 4. The first-order chi connectivity index (χ1) is 12.5. The van der Waals surface area contributed by atoms with E-state index in [4.69, 9.17) is 23.8 Å². The molecule has 0 spiro atoms. The summed E-state index contributed by atoms with van der Waals surface area (Å²) >= 11 is 11.5. The molecule has 5 nitrogen and oxygen atoms in total. The number of halogens is 1.